The van der Waals surface area contributed by atoms with E-state index in [1.54, 1.807) is 32.2 Å². The molecule has 2 aromatic rings. The largest absolute Gasteiger partial charge is 0.481 e. The third-order valence-electron chi connectivity index (χ3n) is 2.77. The summed E-state index contributed by atoms with van der Waals surface area (Å²) in [5.74, 6) is -0.950. The molecule has 0 saturated carbocycles. The van der Waals surface area contributed by atoms with Crippen LogP contribution >= 0.6 is 11.6 Å². The molecule has 1 N–H and O–H groups in total. The fraction of sp³-hybridized carbons (Fsp3) is 0.250. The molecule has 5 nitrogen and oxygen atoms in total. The molecule has 0 fully saturated rings. The first kappa shape index (κ1) is 12.6. The first-order valence-corrected chi connectivity index (χ1v) is 5.72. The Hall–Kier alpha value is -1.88. The summed E-state index contributed by atoms with van der Waals surface area (Å²) in [4.78, 5) is 11.1. The zero-order chi connectivity index (χ0) is 13.3. The average molecular weight is 266 g/mol. The molecular formula is C12H12ClN3O2. The molecular weight excluding hydrogens is 254 g/mol. The van der Waals surface area contributed by atoms with Gasteiger partial charge in [0.15, 0.2) is 0 Å². The van der Waals surface area contributed by atoms with Gasteiger partial charge in [-0.15, -0.1) is 5.10 Å². The SMILES string of the molecule is CC(C)(C(=O)O)c1cn(-c2ccccc2Cl)nn1. The van der Waals surface area contributed by atoms with Gasteiger partial charge in [0, 0.05) is 0 Å². The van der Waals surface area contributed by atoms with Crippen LogP contribution in [0.15, 0.2) is 30.5 Å². The van der Waals surface area contributed by atoms with E-state index in [9.17, 15) is 4.79 Å². The lowest BCUT2D eigenvalue weighted by atomic mass is 9.90. The fourth-order valence-corrected chi connectivity index (χ4v) is 1.64. The summed E-state index contributed by atoms with van der Waals surface area (Å²) in [7, 11) is 0. The van der Waals surface area contributed by atoms with E-state index < -0.39 is 11.4 Å². The highest BCUT2D eigenvalue weighted by atomic mass is 35.5. The Morgan fingerprint density at radius 3 is 2.67 bits per heavy atom. The molecule has 0 atom stereocenters. The Kier molecular flexibility index (Phi) is 3.09. The minimum atomic E-state index is -1.08. The lowest BCUT2D eigenvalue weighted by Crippen LogP contribution is -2.28. The van der Waals surface area contributed by atoms with Gasteiger partial charge in [-0.05, 0) is 26.0 Å². The van der Waals surface area contributed by atoms with Crippen LogP contribution in [0, 0.1) is 0 Å². The van der Waals surface area contributed by atoms with E-state index in [4.69, 9.17) is 16.7 Å². The molecule has 2 rings (SSSR count). The Balaban J connectivity index is 2.44. The molecule has 0 amide bonds. The molecule has 0 spiro atoms. The van der Waals surface area contributed by atoms with E-state index >= 15 is 0 Å². The lowest BCUT2D eigenvalue weighted by Gasteiger charge is -2.14. The molecule has 94 valence electrons. The summed E-state index contributed by atoms with van der Waals surface area (Å²) in [6.07, 6.45) is 1.58. The number of aromatic nitrogens is 3. The van der Waals surface area contributed by atoms with Crippen molar-refractivity contribution in [3.05, 3.63) is 41.2 Å². The normalized spacial score (nSPS) is 11.5. The molecule has 0 aliphatic carbocycles. The maximum atomic E-state index is 11.1. The number of hydrogen-bond donors (Lipinski definition) is 1. The number of nitrogens with zero attached hydrogens (tertiary/aromatic N) is 3. The molecule has 18 heavy (non-hydrogen) atoms. The Morgan fingerprint density at radius 2 is 2.06 bits per heavy atom. The summed E-state index contributed by atoms with van der Waals surface area (Å²) in [6.45, 7) is 3.16. The predicted molar refractivity (Wildman–Crippen MR) is 67.0 cm³/mol. The number of hydrogen-bond acceptors (Lipinski definition) is 3. The summed E-state index contributed by atoms with van der Waals surface area (Å²) < 4.78 is 1.47. The topological polar surface area (TPSA) is 68.0 Å². The highest BCUT2D eigenvalue weighted by Gasteiger charge is 2.32. The molecule has 0 aliphatic rings. The molecule has 1 aromatic carbocycles. The molecule has 0 unspecified atom stereocenters. The van der Waals surface area contributed by atoms with E-state index in [2.05, 4.69) is 10.3 Å². The van der Waals surface area contributed by atoms with Gasteiger partial charge in [-0.2, -0.15) is 0 Å². The van der Waals surface area contributed by atoms with Gasteiger partial charge in [0.2, 0.25) is 0 Å². The van der Waals surface area contributed by atoms with Gasteiger partial charge in [0.25, 0.3) is 0 Å². The van der Waals surface area contributed by atoms with Gasteiger partial charge < -0.3 is 5.11 Å². The van der Waals surface area contributed by atoms with Crippen LogP contribution in [-0.4, -0.2) is 26.1 Å². The van der Waals surface area contributed by atoms with Crippen molar-refractivity contribution < 1.29 is 9.90 Å². The number of para-hydroxylation sites is 1. The zero-order valence-electron chi connectivity index (χ0n) is 9.96. The molecule has 1 aromatic heterocycles. The second-order valence-electron chi connectivity index (χ2n) is 4.43. The molecule has 0 radical (unpaired) electrons. The second kappa shape index (κ2) is 4.42. The van der Waals surface area contributed by atoms with Crippen molar-refractivity contribution in [1.29, 1.82) is 0 Å². The number of aliphatic carboxylic acids is 1. The van der Waals surface area contributed by atoms with Crippen molar-refractivity contribution in [3.63, 3.8) is 0 Å². The summed E-state index contributed by atoms with van der Waals surface area (Å²) in [5, 5.41) is 17.5. The summed E-state index contributed by atoms with van der Waals surface area (Å²) >= 11 is 6.04. The van der Waals surface area contributed by atoms with Crippen LogP contribution in [0.25, 0.3) is 5.69 Å². The number of rotatable bonds is 3. The van der Waals surface area contributed by atoms with E-state index in [-0.39, 0.29) is 0 Å². The fourth-order valence-electron chi connectivity index (χ4n) is 1.42. The number of carbonyl (C=O) groups is 1. The van der Waals surface area contributed by atoms with Gasteiger partial charge in [-0.25, -0.2) is 4.68 Å². The molecule has 6 heteroatoms. The first-order valence-electron chi connectivity index (χ1n) is 5.34. The van der Waals surface area contributed by atoms with E-state index in [1.807, 2.05) is 12.1 Å². The van der Waals surface area contributed by atoms with Crippen LogP contribution in [0.5, 0.6) is 0 Å². The summed E-state index contributed by atoms with van der Waals surface area (Å²) in [5.41, 5.74) is -0.0338. The Labute approximate surface area is 109 Å². The first-order chi connectivity index (χ1) is 8.43. The second-order valence-corrected chi connectivity index (χ2v) is 4.84. The number of carboxylic acids is 1. The molecule has 1 heterocycles. The van der Waals surface area contributed by atoms with Crippen LogP contribution in [0.3, 0.4) is 0 Å². The quantitative estimate of drug-likeness (QED) is 0.924. The maximum absolute atomic E-state index is 11.1. The van der Waals surface area contributed by atoms with Crippen molar-refractivity contribution in [2.75, 3.05) is 0 Å². The maximum Gasteiger partial charge on any atom is 0.315 e. The van der Waals surface area contributed by atoms with Gasteiger partial charge in [-0.3, -0.25) is 4.79 Å². The molecule has 0 saturated heterocycles. The van der Waals surface area contributed by atoms with Crippen molar-refractivity contribution in [1.82, 2.24) is 15.0 Å². The standard InChI is InChI=1S/C12H12ClN3O2/c1-12(2,11(17)18)10-7-16(15-14-10)9-6-4-3-5-8(9)13/h3-7H,1-2H3,(H,17,18). The third kappa shape index (κ3) is 2.09. The molecule has 0 aliphatic heterocycles. The highest BCUT2D eigenvalue weighted by Crippen LogP contribution is 2.24. The van der Waals surface area contributed by atoms with E-state index in [0.717, 1.165) is 0 Å². The zero-order valence-corrected chi connectivity index (χ0v) is 10.7. The van der Waals surface area contributed by atoms with Gasteiger partial charge in [0.1, 0.15) is 5.41 Å². The van der Waals surface area contributed by atoms with Crippen molar-refractivity contribution in [3.8, 4) is 5.69 Å². The monoisotopic (exact) mass is 265 g/mol. The highest BCUT2D eigenvalue weighted by molar-refractivity contribution is 6.32. The Morgan fingerprint density at radius 1 is 1.39 bits per heavy atom. The minimum Gasteiger partial charge on any atom is -0.481 e. The van der Waals surface area contributed by atoms with Crippen molar-refractivity contribution >= 4 is 17.6 Å². The van der Waals surface area contributed by atoms with Gasteiger partial charge in [0.05, 0.1) is 22.6 Å². The van der Waals surface area contributed by atoms with Crippen LogP contribution in [0.1, 0.15) is 19.5 Å². The van der Waals surface area contributed by atoms with Crippen molar-refractivity contribution in [2.24, 2.45) is 0 Å². The smallest absolute Gasteiger partial charge is 0.315 e. The van der Waals surface area contributed by atoms with Gasteiger partial charge in [-0.1, -0.05) is 28.9 Å². The Bertz CT molecular complexity index is 593. The third-order valence-corrected chi connectivity index (χ3v) is 3.09. The average Bonchev–Trinajstić information content (AvgIpc) is 2.79. The number of halogens is 1. The van der Waals surface area contributed by atoms with Crippen molar-refractivity contribution in [2.45, 2.75) is 19.3 Å². The minimum absolute atomic E-state index is 0.384. The van der Waals surface area contributed by atoms with Crippen LogP contribution in [0.4, 0.5) is 0 Å². The summed E-state index contributed by atoms with van der Waals surface area (Å²) in [6, 6.07) is 7.16. The van der Waals surface area contributed by atoms with Crippen LogP contribution in [-0.2, 0) is 10.2 Å². The van der Waals surface area contributed by atoms with E-state index in [1.165, 1.54) is 4.68 Å². The number of carboxylic acid groups (broad SMARTS) is 1. The van der Waals surface area contributed by atoms with Crippen LogP contribution < -0.4 is 0 Å². The predicted octanol–water partition coefficient (Wildman–Crippen LogP) is 2.28. The number of benzene rings is 1. The molecule has 0 bridgehead atoms. The lowest BCUT2D eigenvalue weighted by molar-refractivity contribution is -0.142. The van der Waals surface area contributed by atoms with Crippen LogP contribution in [0.2, 0.25) is 5.02 Å². The van der Waals surface area contributed by atoms with E-state index in [0.29, 0.717) is 16.4 Å². The van der Waals surface area contributed by atoms with Gasteiger partial charge >= 0.3 is 5.97 Å².